The largest absolute Gasteiger partial charge is 0.458 e. The van der Waals surface area contributed by atoms with Crippen molar-refractivity contribution in [3.8, 4) is 0 Å². The Morgan fingerprint density at radius 2 is 1.81 bits per heavy atom. The Bertz CT molecular complexity index is 653. The molecule has 26 heavy (non-hydrogen) atoms. The molecule has 2 rings (SSSR count). The summed E-state index contributed by atoms with van der Waals surface area (Å²) in [5.74, 6) is 0.142. The first-order valence-corrected chi connectivity index (χ1v) is 9.63. The molecule has 0 saturated heterocycles. The number of hydrogen-bond acceptors (Lipinski definition) is 4. The Hall–Kier alpha value is -1.71. The number of rotatable bonds is 1. The standard InChI is InChI=1S/C22H32O4/c1-13(2)21-17-9-7-14(3)18(24)10-8-15(4)20(26-16(5)23)12-22(17,6)11-19(21)25/h14,17,20H,4,7-12H2,1-3,5-6H3/t14-,17+,20+,22-/m0/s1. The molecule has 0 radical (unpaired) electrons. The summed E-state index contributed by atoms with van der Waals surface area (Å²) in [6.07, 6.45) is 3.18. The third-order valence-electron chi connectivity index (χ3n) is 6.14. The zero-order valence-electron chi connectivity index (χ0n) is 16.8. The van der Waals surface area contributed by atoms with Crippen molar-refractivity contribution in [2.75, 3.05) is 0 Å². The lowest BCUT2D eigenvalue weighted by atomic mass is 9.71. The van der Waals surface area contributed by atoms with Gasteiger partial charge in [-0.2, -0.15) is 0 Å². The number of carbonyl (C=O) groups excluding carboxylic acids is 3. The van der Waals surface area contributed by atoms with E-state index < -0.39 is 6.10 Å². The monoisotopic (exact) mass is 360 g/mol. The van der Waals surface area contributed by atoms with Crippen LogP contribution in [0, 0.1) is 17.3 Å². The molecule has 2 saturated carbocycles. The van der Waals surface area contributed by atoms with Crippen molar-refractivity contribution < 1.29 is 19.1 Å². The summed E-state index contributed by atoms with van der Waals surface area (Å²) in [6, 6.07) is 0. The van der Waals surface area contributed by atoms with Crippen LogP contribution in [0.5, 0.6) is 0 Å². The average molecular weight is 360 g/mol. The van der Waals surface area contributed by atoms with Gasteiger partial charge in [0.15, 0.2) is 5.78 Å². The summed E-state index contributed by atoms with van der Waals surface area (Å²) in [5, 5.41) is 0. The molecular weight excluding hydrogens is 328 g/mol. The summed E-state index contributed by atoms with van der Waals surface area (Å²) in [7, 11) is 0. The molecule has 0 aromatic heterocycles. The lowest BCUT2D eigenvalue weighted by molar-refractivity contribution is -0.146. The number of Topliss-reactive ketones (excluding diaryl/α,β-unsaturated/α-hetero) is 2. The number of esters is 1. The lowest BCUT2D eigenvalue weighted by Crippen LogP contribution is -2.31. The fraction of sp³-hybridized carbons (Fsp3) is 0.682. The Morgan fingerprint density at radius 1 is 1.15 bits per heavy atom. The molecule has 2 aliphatic carbocycles. The van der Waals surface area contributed by atoms with Crippen LogP contribution < -0.4 is 0 Å². The van der Waals surface area contributed by atoms with Crippen LogP contribution in [0.4, 0.5) is 0 Å². The van der Waals surface area contributed by atoms with Gasteiger partial charge in [-0.3, -0.25) is 14.4 Å². The Kier molecular flexibility index (Phi) is 6.25. The van der Waals surface area contributed by atoms with E-state index in [-0.39, 0.29) is 34.8 Å². The third kappa shape index (κ3) is 4.33. The molecule has 2 aliphatic rings. The van der Waals surface area contributed by atoms with Gasteiger partial charge in [0, 0.05) is 25.7 Å². The van der Waals surface area contributed by atoms with Gasteiger partial charge in [0.1, 0.15) is 11.9 Å². The fourth-order valence-corrected chi connectivity index (χ4v) is 4.62. The molecule has 2 fully saturated rings. The number of carbonyl (C=O) groups is 3. The molecule has 144 valence electrons. The number of ketones is 2. The number of fused-ring (bicyclic) bond motifs is 1. The smallest absolute Gasteiger partial charge is 0.303 e. The second kappa shape index (κ2) is 7.89. The zero-order chi connectivity index (χ0) is 19.6. The van der Waals surface area contributed by atoms with E-state index in [0.29, 0.717) is 25.7 Å². The third-order valence-corrected chi connectivity index (χ3v) is 6.14. The summed E-state index contributed by atoms with van der Waals surface area (Å²) in [6.45, 7) is 13.6. The summed E-state index contributed by atoms with van der Waals surface area (Å²) in [4.78, 5) is 36.8. The van der Waals surface area contributed by atoms with Gasteiger partial charge in [0.25, 0.3) is 0 Å². The number of hydrogen-bond donors (Lipinski definition) is 0. The van der Waals surface area contributed by atoms with Crippen molar-refractivity contribution in [1.82, 2.24) is 0 Å². The highest BCUT2D eigenvalue weighted by molar-refractivity contribution is 5.99. The average Bonchev–Trinajstić information content (AvgIpc) is 2.77. The lowest BCUT2D eigenvalue weighted by Gasteiger charge is -2.35. The molecule has 0 aliphatic heterocycles. The van der Waals surface area contributed by atoms with Gasteiger partial charge in [0.05, 0.1) is 0 Å². The van der Waals surface area contributed by atoms with Crippen LogP contribution in [0.2, 0.25) is 0 Å². The molecule has 0 heterocycles. The van der Waals surface area contributed by atoms with Crippen molar-refractivity contribution in [3.05, 3.63) is 23.3 Å². The molecule has 0 spiro atoms. The van der Waals surface area contributed by atoms with Crippen LogP contribution in [0.25, 0.3) is 0 Å². The van der Waals surface area contributed by atoms with E-state index in [4.69, 9.17) is 4.74 Å². The molecule has 0 aromatic carbocycles. The van der Waals surface area contributed by atoms with Crippen LogP contribution in [0.3, 0.4) is 0 Å². The second-order valence-corrected chi connectivity index (χ2v) is 8.63. The second-order valence-electron chi connectivity index (χ2n) is 8.63. The van der Waals surface area contributed by atoms with Crippen LogP contribution in [-0.2, 0) is 19.1 Å². The van der Waals surface area contributed by atoms with Gasteiger partial charge in [-0.15, -0.1) is 0 Å². The van der Waals surface area contributed by atoms with Gasteiger partial charge in [-0.25, -0.2) is 0 Å². The van der Waals surface area contributed by atoms with E-state index >= 15 is 0 Å². The molecular formula is C22H32O4. The highest BCUT2D eigenvalue weighted by atomic mass is 16.5. The highest BCUT2D eigenvalue weighted by Gasteiger charge is 2.48. The normalized spacial score (nSPS) is 33.5. The zero-order valence-corrected chi connectivity index (χ0v) is 16.8. The van der Waals surface area contributed by atoms with Crippen LogP contribution in [-0.4, -0.2) is 23.6 Å². The van der Waals surface area contributed by atoms with Crippen molar-refractivity contribution >= 4 is 17.5 Å². The van der Waals surface area contributed by atoms with Crippen LogP contribution in [0.15, 0.2) is 23.3 Å². The predicted octanol–water partition coefficient (Wildman–Crippen LogP) is 4.58. The SMILES string of the molecule is C=C1CCC(=O)[C@@H](C)CC[C@@H]2C(=C(C)C)C(=O)C[C@@]2(C)C[C@H]1OC(C)=O. The summed E-state index contributed by atoms with van der Waals surface area (Å²) in [5.41, 5.74) is 2.47. The topological polar surface area (TPSA) is 60.4 Å². The molecule has 0 bridgehead atoms. The molecule has 0 N–H and O–H groups in total. The minimum absolute atomic E-state index is 0.0218. The first-order valence-electron chi connectivity index (χ1n) is 9.63. The molecule has 4 atom stereocenters. The maximum atomic E-state index is 12.8. The van der Waals surface area contributed by atoms with Crippen LogP contribution >= 0.6 is 0 Å². The molecule has 4 heteroatoms. The van der Waals surface area contributed by atoms with E-state index in [0.717, 1.165) is 29.6 Å². The minimum Gasteiger partial charge on any atom is -0.458 e. The van der Waals surface area contributed by atoms with Gasteiger partial charge in [0.2, 0.25) is 0 Å². The van der Waals surface area contributed by atoms with Crippen molar-refractivity contribution in [2.45, 2.75) is 79.2 Å². The minimum atomic E-state index is -0.439. The predicted molar refractivity (Wildman–Crippen MR) is 102 cm³/mol. The summed E-state index contributed by atoms with van der Waals surface area (Å²) >= 11 is 0. The molecule has 0 amide bonds. The maximum Gasteiger partial charge on any atom is 0.303 e. The molecule has 0 aromatic rings. The molecule has 0 unspecified atom stereocenters. The number of ether oxygens (including phenoxy) is 1. The fourth-order valence-electron chi connectivity index (χ4n) is 4.62. The Labute approximate surface area is 157 Å². The first-order chi connectivity index (χ1) is 12.0. The highest BCUT2D eigenvalue weighted by Crippen LogP contribution is 2.52. The summed E-state index contributed by atoms with van der Waals surface area (Å²) < 4.78 is 5.57. The first kappa shape index (κ1) is 20.6. The van der Waals surface area contributed by atoms with E-state index in [1.165, 1.54) is 6.92 Å². The van der Waals surface area contributed by atoms with E-state index in [1.807, 2.05) is 20.8 Å². The van der Waals surface area contributed by atoms with Crippen LogP contribution in [0.1, 0.15) is 73.1 Å². The molecule has 4 nitrogen and oxygen atoms in total. The van der Waals surface area contributed by atoms with Gasteiger partial charge in [-0.05, 0) is 62.0 Å². The van der Waals surface area contributed by atoms with Crippen molar-refractivity contribution in [2.24, 2.45) is 17.3 Å². The van der Waals surface area contributed by atoms with Gasteiger partial charge >= 0.3 is 5.97 Å². The maximum absolute atomic E-state index is 12.8. The quantitative estimate of drug-likeness (QED) is 0.390. The van der Waals surface area contributed by atoms with Gasteiger partial charge in [-0.1, -0.05) is 26.0 Å². The Morgan fingerprint density at radius 3 is 2.38 bits per heavy atom. The van der Waals surface area contributed by atoms with E-state index in [1.54, 1.807) is 0 Å². The van der Waals surface area contributed by atoms with E-state index in [2.05, 4.69) is 13.5 Å². The van der Waals surface area contributed by atoms with Gasteiger partial charge < -0.3 is 4.74 Å². The Balaban J connectivity index is 2.45. The van der Waals surface area contributed by atoms with Crippen molar-refractivity contribution in [1.29, 1.82) is 0 Å². The number of allylic oxidation sites excluding steroid dienone is 2. The van der Waals surface area contributed by atoms with E-state index in [9.17, 15) is 14.4 Å². The van der Waals surface area contributed by atoms with Crippen molar-refractivity contribution in [3.63, 3.8) is 0 Å².